The molecule has 26 heavy (non-hydrogen) atoms. The lowest BCUT2D eigenvalue weighted by atomic mass is 9.78. The molecular formula is C20H29NO5. The fourth-order valence-electron chi connectivity index (χ4n) is 3.39. The van der Waals surface area contributed by atoms with Crippen molar-refractivity contribution in [1.29, 1.82) is 0 Å². The first kappa shape index (κ1) is 20.1. The number of ether oxygens (including phenoxy) is 3. The van der Waals surface area contributed by atoms with Crippen molar-refractivity contribution in [3.63, 3.8) is 0 Å². The Morgan fingerprint density at radius 1 is 1.12 bits per heavy atom. The van der Waals surface area contributed by atoms with E-state index in [-0.39, 0.29) is 25.0 Å². The van der Waals surface area contributed by atoms with Crippen molar-refractivity contribution in [2.75, 3.05) is 20.8 Å². The smallest absolute Gasteiger partial charge is 0.310 e. The summed E-state index contributed by atoms with van der Waals surface area (Å²) in [5.74, 6) is 1.50. The Bertz CT molecular complexity index is 631. The predicted molar refractivity (Wildman–Crippen MR) is 98.3 cm³/mol. The number of carbonyl (C=O) groups is 2. The summed E-state index contributed by atoms with van der Waals surface area (Å²) < 4.78 is 15.5. The highest BCUT2D eigenvalue weighted by Crippen LogP contribution is 2.29. The van der Waals surface area contributed by atoms with Crippen LogP contribution in [0.3, 0.4) is 0 Å². The minimum absolute atomic E-state index is 0.0739. The maximum absolute atomic E-state index is 12.1. The molecule has 0 bridgehead atoms. The van der Waals surface area contributed by atoms with Crippen molar-refractivity contribution < 1.29 is 23.8 Å². The molecular weight excluding hydrogens is 334 g/mol. The summed E-state index contributed by atoms with van der Waals surface area (Å²) in [5.41, 5.74) is 0.739. The molecule has 0 saturated heterocycles. The maximum atomic E-state index is 12.1. The van der Waals surface area contributed by atoms with Gasteiger partial charge in [0.25, 0.3) is 5.91 Å². The molecule has 1 aliphatic rings. The minimum atomic E-state index is -0.447. The highest BCUT2D eigenvalue weighted by molar-refractivity contribution is 5.81. The van der Waals surface area contributed by atoms with E-state index in [1.165, 1.54) is 13.5 Å². The number of hydrogen-bond acceptors (Lipinski definition) is 5. The van der Waals surface area contributed by atoms with Crippen LogP contribution >= 0.6 is 0 Å². The zero-order valence-corrected chi connectivity index (χ0v) is 16.0. The molecule has 0 radical (unpaired) electrons. The monoisotopic (exact) mass is 363 g/mol. The van der Waals surface area contributed by atoms with Gasteiger partial charge in [0.1, 0.15) is 0 Å². The summed E-state index contributed by atoms with van der Waals surface area (Å²) >= 11 is 0. The predicted octanol–water partition coefficient (Wildman–Crippen LogP) is 2.73. The highest BCUT2D eigenvalue weighted by Gasteiger charge is 2.28. The van der Waals surface area contributed by atoms with Crippen LogP contribution in [0.2, 0.25) is 0 Å². The molecule has 0 aliphatic heterocycles. The number of methoxy groups -OCH3 is 2. The quantitative estimate of drug-likeness (QED) is 0.754. The number of rotatable bonds is 7. The van der Waals surface area contributed by atoms with Gasteiger partial charge < -0.3 is 19.5 Å². The van der Waals surface area contributed by atoms with E-state index in [4.69, 9.17) is 14.2 Å². The number of hydrogen-bond donors (Lipinski definition) is 1. The maximum Gasteiger partial charge on any atom is 0.310 e. The minimum Gasteiger partial charge on any atom is -0.493 e. The van der Waals surface area contributed by atoms with Crippen molar-refractivity contribution in [2.45, 2.75) is 45.6 Å². The van der Waals surface area contributed by atoms with Crippen LogP contribution in [0.5, 0.6) is 11.5 Å². The average molecular weight is 363 g/mol. The van der Waals surface area contributed by atoms with E-state index in [2.05, 4.69) is 19.2 Å². The summed E-state index contributed by atoms with van der Waals surface area (Å²) in [6.45, 7) is 4.13. The number of esters is 1. The molecule has 0 heterocycles. The van der Waals surface area contributed by atoms with Crippen LogP contribution in [0, 0.1) is 11.8 Å². The molecule has 6 heteroatoms. The zero-order valence-electron chi connectivity index (χ0n) is 16.0. The molecule has 1 aliphatic carbocycles. The molecule has 3 atom stereocenters. The molecule has 0 unspecified atom stereocenters. The van der Waals surface area contributed by atoms with Crippen LogP contribution in [0.4, 0.5) is 0 Å². The van der Waals surface area contributed by atoms with Crippen LogP contribution in [-0.2, 0) is 20.7 Å². The van der Waals surface area contributed by atoms with E-state index in [1.54, 1.807) is 25.3 Å². The lowest BCUT2D eigenvalue weighted by Crippen LogP contribution is -2.45. The van der Waals surface area contributed by atoms with Crippen molar-refractivity contribution in [3.05, 3.63) is 23.8 Å². The van der Waals surface area contributed by atoms with E-state index in [0.29, 0.717) is 23.3 Å². The van der Waals surface area contributed by atoms with Gasteiger partial charge in [-0.05, 0) is 36.0 Å². The van der Waals surface area contributed by atoms with Crippen LogP contribution in [0.15, 0.2) is 18.2 Å². The summed E-state index contributed by atoms with van der Waals surface area (Å²) in [6, 6.07) is 5.40. The Kier molecular flexibility index (Phi) is 7.30. The lowest BCUT2D eigenvalue weighted by Gasteiger charge is -2.34. The van der Waals surface area contributed by atoms with Crippen LogP contribution in [0.1, 0.15) is 38.7 Å². The summed E-state index contributed by atoms with van der Waals surface area (Å²) in [7, 11) is 3.09. The Hall–Kier alpha value is -2.24. The van der Waals surface area contributed by atoms with E-state index >= 15 is 0 Å². The lowest BCUT2D eigenvalue weighted by molar-refractivity contribution is -0.148. The second-order valence-electron chi connectivity index (χ2n) is 6.97. The molecule has 1 aromatic carbocycles. The molecule has 1 N–H and O–H groups in total. The first-order valence-corrected chi connectivity index (χ1v) is 9.10. The third-order valence-corrected chi connectivity index (χ3v) is 5.21. The van der Waals surface area contributed by atoms with Gasteiger partial charge in [-0.1, -0.05) is 32.8 Å². The SMILES string of the molecule is COc1ccc(CC(=O)OCC(=O)N[C@@H]2CCC[C@H](C)[C@@H]2C)cc1OC. The second-order valence-corrected chi connectivity index (χ2v) is 6.97. The topological polar surface area (TPSA) is 73.9 Å². The second kappa shape index (κ2) is 9.46. The molecule has 0 aromatic heterocycles. The van der Waals surface area contributed by atoms with Gasteiger partial charge in [-0.25, -0.2) is 0 Å². The van der Waals surface area contributed by atoms with Crippen LogP contribution in [0.25, 0.3) is 0 Å². The Morgan fingerprint density at radius 3 is 2.54 bits per heavy atom. The largest absolute Gasteiger partial charge is 0.493 e. The molecule has 1 aromatic rings. The first-order chi connectivity index (χ1) is 12.4. The van der Waals surface area contributed by atoms with E-state index < -0.39 is 5.97 Å². The van der Waals surface area contributed by atoms with Crippen molar-refractivity contribution in [1.82, 2.24) is 5.32 Å². The van der Waals surface area contributed by atoms with E-state index in [1.807, 2.05) is 0 Å². The van der Waals surface area contributed by atoms with Gasteiger partial charge in [-0.2, -0.15) is 0 Å². The Labute approximate surface area is 155 Å². The molecule has 1 fully saturated rings. The third kappa shape index (κ3) is 5.38. The molecule has 0 spiro atoms. The van der Waals surface area contributed by atoms with Gasteiger partial charge in [-0.3, -0.25) is 9.59 Å². The van der Waals surface area contributed by atoms with E-state index in [0.717, 1.165) is 18.4 Å². The zero-order chi connectivity index (χ0) is 19.1. The Balaban J connectivity index is 1.80. The van der Waals surface area contributed by atoms with Gasteiger partial charge in [0.2, 0.25) is 0 Å². The third-order valence-electron chi connectivity index (χ3n) is 5.21. The molecule has 2 rings (SSSR count). The molecule has 144 valence electrons. The van der Waals surface area contributed by atoms with Crippen molar-refractivity contribution in [3.8, 4) is 11.5 Å². The fraction of sp³-hybridized carbons (Fsp3) is 0.600. The normalized spacial score (nSPS) is 22.4. The van der Waals surface area contributed by atoms with Gasteiger partial charge in [0.15, 0.2) is 18.1 Å². The fourth-order valence-corrected chi connectivity index (χ4v) is 3.39. The van der Waals surface area contributed by atoms with Gasteiger partial charge >= 0.3 is 5.97 Å². The van der Waals surface area contributed by atoms with Crippen LogP contribution < -0.4 is 14.8 Å². The number of benzene rings is 1. The van der Waals surface area contributed by atoms with Crippen molar-refractivity contribution in [2.24, 2.45) is 11.8 Å². The van der Waals surface area contributed by atoms with Gasteiger partial charge in [0.05, 0.1) is 20.6 Å². The highest BCUT2D eigenvalue weighted by atomic mass is 16.5. The number of nitrogens with one attached hydrogen (secondary N) is 1. The summed E-state index contributed by atoms with van der Waals surface area (Å²) in [5, 5.41) is 3.00. The average Bonchev–Trinajstić information content (AvgIpc) is 2.63. The number of carbonyl (C=O) groups excluding carboxylic acids is 2. The van der Waals surface area contributed by atoms with E-state index in [9.17, 15) is 9.59 Å². The Morgan fingerprint density at radius 2 is 1.85 bits per heavy atom. The molecule has 1 saturated carbocycles. The standard InChI is InChI=1S/C20H29NO5/c1-13-6-5-7-16(14(13)2)21-19(22)12-26-20(23)11-15-8-9-17(24-3)18(10-15)25-4/h8-10,13-14,16H,5-7,11-12H2,1-4H3,(H,21,22)/t13-,14-,16+/m0/s1. The van der Waals surface area contributed by atoms with Crippen molar-refractivity contribution >= 4 is 11.9 Å². The van der Waals surface area contributed by atoms with Crippen LogP contribution in [-0.4, -0.2) is 38.7 Å². The molecule has 1 amide bonds. The molecule has 6 nitrogen and oxygen atoms in total. The van der Waals surface area contributed by atoms with Gasteiger partial charge in [-0.15, -0.1) is 0 Å². The first-order valence-electron chi connectivity index (χ1n) is 9.10. The number of amides is 1. The summed E-state index contributed by atoms with van der Waals surface area (Å²) in [4.78, 5) is 24.1. The summed E-state index contributed by atoms with van der Waals surface area (Å²) in [6.07, 6.45) is 3.38. The van der Waals surface area contributed by atoms with Gasteiger partial charge in [0, 0.05) is 6.04 Å².